The molecule has 5 nitrogen and oxygen atoms in total. The van der Waals surface area contributed by atoms with Gasteiger partial charge in [-0.25, -0.2) is 0 Å². The fraction of sp³-hybridized carbons (Fsp3) is 0.591. The first kappa shape index (κ1) is 19.9. The van der Waals surface area contributed by atoms with Gasteiger partial charge in [0.15, 0.2) is 0 Å². The lowest BCUT2D eigenvalue weighted by atomic mass is 9.96. The van der Waals surface area contributed by atoms with E-state index in [1.807, 2.05) is 19.9 Å². The number of likely N-dealkylation sites (tertiary alicyclic amines) is 1. The van der Waals surface area contributed by atoms with Gasteiger partial charge >= 0.3 is 0 Å². The molecule has 0 amide bonds. The van der Waals surface area contributed by atoms with Gasteiger partial charge in [-0.05, 0) is 49.4 Å². The van der Waals surface area contributed by atoms with Crippen LogP contribution in [0.15, 0.2) is 22.7 Å². The Morgan fingerprint density at radius 2 is 2.04 bits per heavy atom. The smallest absolute Gasteiger partial charge is 0.137 e. The number of aliphatic hydroxyl groups excluding tert-OH is 1. The largest absolute Gasteiger partial charge is 0.494 e. The highest BCUT2D eigenvalue weighted by molar-refractivity contribution is 5.44. The van der Waals surface area contributed by atoms with Crippen molar-refractivity contribution in [1.82, 2.24) is 10.1 Å². The van der Waals surface area contributed by atoms with Crippen LogP contribution in [-0.2, 0) is 13.0 Å². The second-order valence-corrected chi connectivity index (χ2v) is 8.06. The SMILES string of the molecule is CCOc1cc(C)c(CN2C[C@@H](Cc3cc(C)no3)[C@@H](O)C2)cc1C(C)C. The summed E-state index contributed by atoms with van der Waals surface area (Å²) in [6.07, 6.45) is 0.404. The normalized spacial score (nSPS) is 20.6. The number of hydrogen-bond donors (Lipinski definition) is 1. The average molecular weight is 373 g/mol. The number of benzene rings is 1. The molecule has 1 aliphatic heterocycles. The summed E-state index contributed by atoms with van der Waals surface area (Å²) in [5.74, 6) is 2.45. The van der Waals surface area contributed by atoms with Crippen LogP contribution in [0, 0.1) is 19.8 Å². The second-order valence-electron chi connectivity index (χ2n) is 8.06. The molecule has 2 atom stereocenters. The molecule has 5 heteroatoms. The van der Waals surface area contributed by atoms with Crippen LogP contribution < -0.4 is 4.74 Å². The zero-order valence-electron chi connectivity index (χ0n) is 17.2. The fourth-order valence-corrected chi connectivity index (χ4v) is 3.93. The fourth-order valence-electron chi connectivity index (χ4n) is 3.93. The molecule has 3 rings (SSSR count). The summed E-state index contributed by atoms with van der Waals surface area (Å²) in [5.41, 5.74) is 4.70. The number of aliphatic hydroxyl groups is 1. The first-order valence-electron chi connectivity index (χ1n) is 9.96. The van der Waals surface area contributed by atoms with E-state index in [2.05, 4.69) is 43.0 Å². The lowest BCUT2D eigenvalue weighted by Crippen LogP contribution is -2.22. The lowest BCUT2D eigenvalue weighted by Gasteiger charge is -2.21. The third-order valence-electron chi connectivity index (χ3n) is 5.41. The molecular formula is C22H32N2O3. The molecule has 0 unspecified atom stereocenters. The van der Waals surface area contributed by atoms with Gasteiger partial charge in [-0.1, -0.05) is 25.1 Å². The van der Waals surface area contributed by atoms with Gasteiger partial charge in [0.2, 0.25) is 0 Å². The van der Waals surface area contributed by atoms with Gasteiger partial charge < -0.3 is 14.4 Å². The van der Waals surface area contributed by atoms with E-state index in [0.29, 0.717) is 19.1 Å². The maximum absolute atomic E-state index is 10.5. The predicted octanol–water partition coefficient (Wildman–Crippen LogP) is 3.85. The quantitative estimate of drug-likeness (QED) is 0.800. The van der Waals surface area contributed by atoms with Crippen LogP contribution in [0.5, 0.6) is 5.75 Å². The van der Waals surface area contributed by atoms with E-state index >= 15 is 0 Å². The van der Waals surface area contributed by atoms with E-state index in [-0.39, 0.29) is 12.0 Å². The number of nitrogens with zero attached hydrogens (tertiary/aromatic N) is 2. The summed E-state index contributed by atoms with van der Waals surface area (Å²) in [7, 11) is 0. The van der Waals surface area contributed by atoms with Crippen LogP contribution in [0.1, 0.15) is 54.8 Å². The Kier molecular flexibility index (Phi) is 6.22. The molecule has 0 aliphatic carbocycles. The maximum atomic E-state index is 10.5. The van der Waals surface area contributed by atoms with Gasteiger partial charge in [-0.3, -0.25) is 4.90 Å². The highest BCUT2D eigenvalue weighted by Crippen LogP contribution is 2.31. The van der Waals surface area contributed by atoms with Crippen molar-refractivity contribution in [2.24, 2.45) is 5.92 Å². The minimum atomic E-state index is -0.331. The first-order valence-corrected chi connectivity index (χ1v) is 9.96. The molecular weight excluding hydrogens is 340 g/mol. The van der Waals surface area contributed by atoms with E-state index < -0.39 is 0 Å². The van der Waals surface area contributed by atoms with Crippen molar-refractivity contribution in [3.63, 3.8) is 0 Å². The Morgan fingerprint density at radius 1 is 1.26 bits per heavy atom. The lowest BCUT2D eigenvalue weighted by molar-refractivity contribution is 0.137. The van der Waals surface area contributed by atoms with Gasteiger partial charge in [-0.15, -0.1) is 0 Å². The van der Waals surface area contributed by atoms with Crippen molar-refractivity contribution < 1.29 is 14.4 Å². The first-order chi connectivity index (χ1) is 12.9. The van der Waals surface area contributed by atoms with Crippen LogP contribution in [0.3, 0.4) is 0 Å². The van der Waals surface area contributed by atoms with Gasteiger partial charge in [0.05, 0.1) is 18.4 Å². The molecule has 2 heterocycles. The van der Waals surface area contributed by atoms with Crippen LogP contribution in [0.2, 0.25) is 0 Å². The molecule has 1 aromatic heterocycles. The Bertz CT molecular complexity index is 769. The van der Waals surface area contributed by atoms with Crippen molar-refractivity contribution >= 4 is 0 Å². The molecule has 1 aromatic carbocycles. The summed E-state index contributed by atoms with van der Waals surface area (Å²) in [6.45, 7) is 13.6. The number of ether oxygens (including phenoxy) is 1. The highest BCUT2D eigenvalue weighted by Gasteiger charge is 2.32. The van der Waals surface area contributed by atoms with Crippen molar-refractivity contribution in [2.75, 3.05) is 19.7 Å². The molecule has 1 aliphatic rings. The molecule has 2 aromatic rings. The van der Waals surface area contributed by atoms with E-state index in [4.69, 9.17) is 9.26 Å². The van der Waals surface area contributed by atoms with Gasteiger partial charge in [0.1, 0.15) is 11.5 Å². The molecule has 1 N–H and O–H groups in total. The Morgan fingerprint density at radius 3 is 2.67 bits per heavy atom. The summed E-state index contributed by atoms with van der Waals surface area (Å²) in [4.78, 5) is 2.34. The third kappa shape index (κ3) is 4.71. The van der Waals surface area contributed by atoms with Crippen LogP contribution in [0.25, 0.3) is 0 Å². The number of rotatable bonds is 7. The van der Waals surface area contributed by atoms with Gasteiger partial charge in [0, 0.05) is 38.0 Å². The maximum Gasteiger partial charge on any atom is 0.137 e. The van der Waals surface area contributed by atoms with Gasteiger partial charge in [0.25, 0.3) is 0 Å². The Hall–Kier alpha value is -1.85. The van der Waals surface area contributed by atoms with E-state index in [0.717, 1.165) is 36.7 Å². The summed E-state index contributed by atoms with van der Waals surface area (Å²) in [5, 5.41) is 14.5. The topological polar surface area (TPSA) is 58.7 Å². The summed E-state index contributed by atoms with van der Waals surface area (Å²) in [6, 6.07) is 6.40. The minimum Gasteiger partial charge on any atom is -0.494 e. The van der Waals surface area contributed by atoms with Crippen molar-refractivity contribution in [2.45, 2.75) is 59.6 Å². The zero-order chi connectivity index (χ0) is 19.6. The van der Waals surface area contributed by atoms with Crippen LogP contribution in [0.4, 0.5) is 0 Å². The molecule has 0 radical (unpaired) electrons. The molecule has 1 saturated heterocycles. The number of hydrogen-bond acceptors (Lipinski definition) is 5. The Labute approximate surface area is 162 Å². The summed E-state index contributed by atoms with van der Waals surface area (Å²) >= 11 is 0. The highest BCUT2D eigenvalue weighted by atomic mass is 16.5. The van der Waals surface area contributed by atoms with Gasteiger partial charge in [-0.2, -0.15) is 0 Å². The van der Waals surface area contributed by atoms with Crippen molar-refractivity contribution in [3.05, 3.63) is 46.3 Å². The standard InChI is InChI=1S/C22H32N2O3/c1-6-26-22-7-15(4)17(10-20(22)14(2)3)11-24-12-18(21(25)13-24)9-19-8-16(5)23-27-19/h7-8,10,14,18,21,25H,6,9,11-13H2,1-5H3/t18-,21+/m1/s1. The third-order valence-corrected chi connectivity index (χ3v) is 5.41. The number of β-amino-alcohol motifs (C(OH)–C–C–N with tert-alkyl or cyclic N) is 1. The Balaban J connectivity index is 1.70. The number of aromatic nitrogens is 1. The molecule has 27 heavy (non-hydrogen) atoms. The van der Waals surface area contributed by atoms with E-state index in [1.54, 1.807) is 0 Å². The van der Waals surface area contributed by atoms with Crippen molar-refractivity contribution in [3.8, 4) is 5.75 Å². The minimum absolute atomic E-state index is 0.185. The number of aryl methyl sites for hydroxylation is 2. The second kappa shape index (κ2) is 8.44. The van der Waals surface area contributed by atoms with E-state index in [1.165, 1.54) is 16.7 Å². The zero-order valence-corrected chi connectivity index (χ0v) is 17.2. The molecule has 0 saturated carbocycles. The molecule has 0 spiro atoms. The average Bonchev–Trinajstić information content (AvgIpc) is 3.16. The monoisotopic (exact) mass is 372 g/mol. The van der Waals surface area contributed by atoms with Crippen molar-refractivity contribution in [1.29, 1.82) is 0 Å². The summed E-state index contributed by atoms with van der Waals surface area (Å²) < 4.78 is 11.2. The van der Waals surface area contributed by atoms with E-state index in [9.17, 15) is 5.11 Å². The van der Waals surface area contributed by atoms with Crippen LogP contribution in [-0.4, -0.2) is 41.0 Å². The predicted molar refractivity (Wildman–Crippen MR) is 106 cm³/mol. The molecule has 1 fully saturated rings. The molecule has 148 valence electrons. The molecule has 0 bridgehead atoms. The van der Waals surface area contributed by atoms with Crippen LogP contribution >= 0.6 is 0 Å².